The molecule has 2 aliphatic carbocycles. The number of fused-ring (bicyclic) bond motifs is 3. The second kappa shape index (κ2) is 7.33. The molecule has 5 rings (SSSR count). The van der Waals surface area contributed by atoms with Gasteiger partial charge in [-0.25, -0.2) is 0 Å². The van der Waals surface area contributed by atoms with Gasteiger partial charge in [0.15, 0.2) is 5.78 Å². The van der Waals surface area contributed by atoms with Crippen molar-refractivity contribution in [1.29, 1.82) is 5.26 Å². The van der Waals surface area contributed by atoms with Gasteiger partial charge < -0.3 is 0 Å². The monoisotopic (exact) mass is 539 g/mol. The van der Waals surface area contributed by atoms with Crippen LogP contribution in [0.3, 0.4) is 0 Å². The van der Waals surface area contributed by atoms with Crippen molar-refractivity contribution in [3.8, 4) is 17.6 Å². The van der Waals surface area contributed by atoms with Crippen LogP contribution in [0.5, 0.6) is 0 Å². The van der Waals surface area contributed by atoms with E-state index >= 15 is 0 Å². The number of allylic oxidation sites excluding steroid dienone is 2. The summed E-state index contributed by atoms with van der Waals surface area (Å²) in [5, 5.41) is 27.7. The van der Waals surface area contributed by atoms with Crippen molar-refractivity contribution in [3.05, 3.63) is 58.8 Å². The molecular weight excluding hydrogens is 517 g/mol. The fourth-order valence-corrected chi connectivity index (χ4v) is 6.17. The van der Waals surface area contributed by atoms with E-state index in [0.717, 1.165) is 35.4 Å². The Morgan fingerprint density at radius 1 is 1.22 bits per heavy atom. The highest BCUT2D eigenvalue weighted by Gasteiger charge is 2.55. The number of aromatic nitrogens is 6. The number of Topliss-reactive ketones (excluding diaryl/α,β-unsaturated/α-hetero) is 1. The summed E-state index contributed by atoms with van der Waals surface area (Å²) in [5.41, 5.74) is 2.97. The van der Waals surface area contributed by atoms with Crippen molar-refractivity contribution in [2.24, 2.45) is 11.3 Å². The predicted molar refractivity (Wildman–Crippen MR) is 126 cm³/mol. The molecule has 0 unspecified atom stereocenters. The minimum Gasteiger partial charge on any atom is -0.293 e. The number of hydrogen-bond acceptors (Lipinski definition) is 6. The number of nitrogens with zero attached hydrogens (tertiary/aromatic N) is 7. The summed E-state index contributed by atoms with van der Waals surface area (Å²) in [4.78, 5) is 14.5. The standard InChI is InChI=1S/C23H22IN7O/c1-22(2)17-10-9-16-18(21-26-29-30(28-21)13-14-7-5-4-6-8-14)31(24)27-19(16)23(17,3)11-15(12-25)20(22)32/h4-8,11,17H,9-10,13H2,1-3H3/t17-,23-/m0/s1. The Bertz CT molecular complexity index is 1300. The van der Waals surface area contributed by atoms with Crippen LogP contribution in [0, 0.1) is 22.7 Å². The molecule has 9 heteroatoms. The van der Waals surface area contributed by atoms with E-state index < -0.39 is 10.8 Å². The van der Waals surface area contributed by atoms with Crippen molar-refractivity contribution >= 4 is 28.6 Å². The number of halogens is 1. The maximum atomic E-state index is 12.9. The summed E-state index contributed by atoms with van der Waals surface area (Å²) in [7, 11) is 0. The zero-order valence-corrected chi connectivity index (χ0v) is 20.2. The number of carbonyl (C=O) groups is 1. The first kappa shape index (κ1) is 21.0. The molecule has 3 aromatic rings. The molecular formula is C23H22IN7O. The summed E-state index contributed by atoms with van der Waals surface area (Å²) < 4.78 is 1.78. The lowest BCUT2D eigenvalue weighted by Gasteiger charge is -2.49. The van der Waals surface area contributed by atoms with E-state index in [1.165, 1.54) is 0 Å². The Labute approximate surface area is 199 Å². The first-order valence-electron chi connectivity index (χ1n) is 10.5. The summed E-state index contributed by atoms with van der Waals surface area (Å²) in [6.07, 6.45) is 3.43. The van der Waals surface area contributed by atoms with Gasteiger partial charge in [-0.3, -0.25) is 4.79 Å². The molecule has 0 bridgehead atoms. The Hall–Kier alpha value is -2.87. The molecule has 2 aliphatic rings. The highest BCUT2D eigenvalue weighted by molar-refractivity contribution is 14.1. The highest BCUT2D eigenvalue weighted by atomic mass is 127. The van der Waals surface area contributed by atoms with Crippen molar-refractivity contribution in [1.82, 2.24) is 28.2 Å². The second-order valence-electron chi connectivity index (χ2n) is 9.26. The fraction of sp³-hybridized carbons (Fsp3) is 0.391. The van der Waals surface area contributed by atoms with Gasteiger partial charge in [0.05, 0.1) is 40.7 Å². The number of rotatable bonds is 3. The predicted octanol–water partition coefficient (Wildman–Crippen LogP) is 3.66. The van der Waals surface area contributed by atoms with Crippen LogP contribution >= 0.6 is 22.9 Å². The number of ketones is 1. The van der Waals surface area contributed by atoms with Gasteiger partial charge in [0.2, 0.25) is 5.82 Å². The van der Waals surface area contributed by atoms with Crippen LogP contribution in [0.2, 0.25) is 0 Å². The molecule has 0 spiro atoms. The molecule has 2 aromatic heterocycles. The lowest BCUT2D eigenvalue weighted by Crippen LogP contribution is -2.51. The van der Waals surface area contributed by atoms with Crippen molar-refractivity contribution in [2.45, 2.75) is 45.6 Å². The lowest BCUT2D eigenvalue weighted by atomic mass is 9.52. The van der Waals surface area contributed by atoms with E-state index in [1.807, 2.05) is 50.3 Å². The largest absolute Gasteiger partial charge is 0.293 e. The average molecular weight is 539 g/mol. The van der Waals surface area contributed by atoms with E-state index in [2.05, 4.69) is 51.3 Å². The summed E-state index contributed by atoms with van der Waals surface area (Å²) in [5.74, 6) is 0.514. The first-order chi connectivity index (χ1) is 15.3. The molecule has 0 N–H and O–H groups in total. The third-order valence-electron chi connectivity index (χ3n) is 6.96. The summed E-state index contributed by atoms with van der Waals surface area (Å²) >= 11 is 2.15. The maximum Gasteiger partial charge on any atom is 0.224 e. The number of tetrazole rings is 1. The van der Waals surface area contributed by atoms with Crippen LogP contribution in [-0.2, 0) is 23.2 Å². The van der Waals surface area contributed by atoms with E-state index in [9.17, 15) is 10.1 Å². The zero-order chi connectivity index (χ0) is 22.7. The molecule has 0 amide bonds. The van der Waals surface area contributed by atoms with Gasteiger partial charge in [-0.15, -0.1) is 10.2 Å². The zero-order valence-electron chi connectivity index (χ0n) is 18.1. The Kier molecular flexibility index (Phi) is 4.81. The third-order valence-corrected chi connectivity index (χ3v) is 7.66. The molecule has 2 atom stereocenters. The highest BCUT2D eigenvalue weighted by Crippen LogP contribution is 2.55. The summed E-state index contributed by atoms with van der Waals surface area (Å²) in [6.45, 7) is 6.53. The average Bonchev–Trinajstić information content (AvgIpc) is 3.35. The van der Waals surface area contributed by atoms with E-state index in [4.69, 9.17) is 5.10 Å². The van der Waals surface area contributed by atoms with E-state index in [-0.39, 0.29) is 17.3 Å². The van der Waals surface area contributed by atoms with Crippen LogP contribution in [0.15, 0.2) is 42.0 Å². The van der Waals surface area contributed by atoms with Crippen LogP contribution < -0.4 is 0 Å². The van der Waals surface area contributed by atoms with Gasteiger partial charge in [-0.2, -0.15) is 18.1 Å². The normalized spacial score (nSPS) is 23.8. The minimum absolute atomic E-state index is 0.0629. The van der Waals surface area contributed by atoms with E-state index in [0.29, 0.717) is 12.4 Å². The van der Waals surface area contributed by atoms with Gasteiger partial charge in [0.25, 0.3) is 0 Å². The number of benzene rings is 1. The second-order valence-corrected chi connectivity index (χ2v) is 10.2. The molecule has 0 radical (unpaired) electrons. The topological polar surface area (TPSA) is 102 Å². The van der Waals surface area contributed by atoms with Crippen LogP contribution in [0.1, 0.15) is 44.0 Å². The van der Waals surface area contributed by atoms with Crippen molar-refractivity contribution in [3.63, 3.8) is 0 Å². The SMILES string of the molecule is CC1(C)C(=O)C(C#N)=C[C@]2(C)c3nn(I)c(-c4nnn(Cc5ccccc5)n4)c3CC[C@@H]12. The first-order valence-corrected chi connectivity index (χ1v) is 11.5. The summed E-state index contributed by atoms with van der Waals surface area (Å²) in [6, 6.07) is 12.1. The van der Waals surface area contributed by atoms with Crippen molar-refractivity contribution in [2.75, 3.05) is 0 Å². The number of carbonyl (C=O) groups excluding carboxylic acids is 1. The van der Waals surface area contributed by atoms with Gasteiger partial charge in [0.1, 0.15) is 11.8 Å². The number of hydrogen-bond donors (Lipinski definition) is 0. The Morgan fingerprint density at radius 3 is 2.69 bits per heavy atom. The third kappa shape index (κ3) is 3.03. The molecule has 8 nitrogen and oxygen atoms in total. The van der Waals surface area contributed by atoms with Gasteiger partial charge in [0, 0.05) is 16.4 Å². The fourth-order valence-electron chi connectivity index (χ4n) is 5.45. The van der Waals surface area contributed by atoms with Crippen molar-refractivity contribution < 1.29 is 4.79 Å². The minimum atomic E-state index is -0.626. The molecule has 162 valence electrons. The van der Waals surface area contributed by atoms with Gasteiger partial charge in [-0.05, 0) is 29.5 Å². The lowest BCUT2D eigenvalue weighted by molar-refractivity contribution is -0.128. The molecule has 1 aromatic carbocycles. The molecule has 0 saturated heterocycles. The molecule has 0 aliphatic heterocycles. The Morgan fingerprint density at radius 2 is 1.97 bits per heavy atom. The molecule has 32 heavy (non-hydrogen) atoms. The smallest absolute Gasteiger partial charge is 0.224 e. The van der Waals surface area contributed by atoms with Gasteiger partial charge in [-0.1, -0.05) is 57.2 Å². The molecule has 0 saturated carbocycles. The van der Waals surface area contributed by atoms with Crippen LogP contribution in [-0.4, -0.2) is 34.0 Å². The van der Waals surface area contributed by atoms with E-state index in [1.54, 1.807) is 7.69 Å². The maximum absolute atomic E-state index is 12.9. The molecule has 0 fully saturated rings. The number of nitriles is 1. The van der Waals surface area contributed by atoms with Crippen LogP contribution in [0.25, 0.3) is 11.5 Å². The van der Waals surface area contributed by atoms with Gasteiger partial charge >= 0.3 is 0 Å². The molecule has 2 heterocycles. The quantitative estimate of drug-likeness (QED) is 0.471. The Balaban J connectivity index is 1.58. The van der Waals surface area contributed by atoms with Crippen LogP contribution in [0.4, 0.5) is 0 Å².